The van der Waals surface area contributed by atoms with Crippen LogP contribution < -0.4 is 0 Å². The Morgan fingerprint density at radius 1 is 1.24 bits per heavy atom. The molecule has 0 saturated heterocycles. The van der Waals surface area contributed by atoms with Gasteiger partial charge in [0.25, 0.3) is 0 Å². The van der Waals surface area contributed by atoms with Crippen molar-refractivity contribution < 1.29 is 5.11 Å². The van der Waals surface area contributed by atoms with E-state index in [4.69, 9.17) is 0 Å². The van der Waals surface area contributed by atoms with Gasteiger partial charge in [-0.2, -0.15) is 5.26 Å². The van der Waals surface area contributed by atoms with Crippen LogP contribution in [-0.2, 0) is 0 Å². The van der Waals surface area contributed by atoms with Crippen LogP contribution in [0.1, 0.15) is 65.7 Å². The standard InChI is InChI=1S/C15H25NO/c1-12-5-8-14(9-12,11-16)15(17)7-4-6-13(2,3)10-15/h12,17H,4-10H2,1-3H3. The molecular formula is C15H25NO. The summed E-state index contributed by atoms with van der Waals surface area (Å²) in [5.74, 6) is 0.587. The molecule has 3 unspecified atom stereocenters. The van der Waals surface area contributed by atoms with Crippen LogP contribution in [0.4, 0.5) is 0 Å². The maximum atomic E-state index is 11.1. The van der Waals surface area contributed by atoms with Crippen LogP contribution in [0.3, 0.4) is 0 Å². The van der Waals surface area contributed by atoms with E-state index < -0.39 is 11.0 Å². The predicted octanol–water partition coefficient (Wildman–Crippen LogP) is 3.65. The number of nitriles is 1. The molecule has 3 atom stereocenters. The number of aliphatic hydroxyl groups is 1. The van der Waals surface area contributed by atoms with E-state index in [-0.39, 0.29) is 5.41 Å². The molecule has 0 aromatic rings. The van der Waals surface area contributed by atoms with E-state index in [0.29, 0.717) is 5.92 Å². The van der Waals surface area contributed by atoms with Crippen molar-refractivity contribution in [3.8, 4) is 6.07 Å². The summed E-state index contributed by atoms with van der Waals surface area (Å²) in [6, 6.07) is 2.51. The second kappa shape index (κ2) is 3.99. The molecule has 2 aliphatic rings. The molecule has 0 radical (unpaired) electrons. The number of hydrogen-bond acceptors (Lipinski definition) is 2. The molecule has 0 amide bonds. The Balaban J connectivity index is 2.28. The fourth-order valence-corrected chi connectivity index (χ4v) is 4.16. The molecule has 17 heavy (non-hydrogen) atoms. The van der Waals surface area contributed by atoms with Crippen LogP contribution in [0, 0.1) is 28.1 Å². The molecule has 2 nitrogen and oxygen atoms in total. The molecule has 2 aliphatic carbocycles. The van der Waals surface area contributed by atoms with Crippen molar-refractivity contribution >= 4 is 0 Å². The van der Waals surface area contributed by atoms with E-state index in [1.807, 2.05) is 0 Å². The van der Waals surface area contributed by atoms with Gasteiger partial charge >= 0.3 is 0 Å². The van der Waals surface area contributed by atoms with Crippen LogP contribution in [0.2, 0.25) is 0 Å². The van der Waals surface area contributed by atoms with Gasteiger partial charge in [0.05, 0.1) is 17.1 Å². The molecule has 1 N–H and O–H groups in total. The first-order chi connectivity index (χ1) is 7.83. The van der Waals surface area contributed by atoms with Crippen LogP contribution in [-0.4, -0.2) is 10.7 Å². The van der Waals surface area contributed by atoms with Gasteiger partial charge in [0.1, 0.15) is 0 Å². The summed E-state index contributed by atoms with van der Waals surface area (Å²) in [6.07, 6.45) is 6.70. The maximum Gasteiger partial charge on any atom is 0.0863 e. The lowest BCUT2D eigenvalue weighted by atomic mass is 9.58. The average molecular weight is 235 g/mol. The molecule has 0 heterocycles. The van der Waals surface area contributed by atoms with Crippen molar-refractivity contribution in [2.75, 3.05) is 0 Å². The topological polar surface area (TPSA) is 44.0 Å². The SMILES string of the molecule is CC1CCC(C#N)(C2(O)CCCC(C)(C)C2)C1. The van der Waals surface area contributed by atoms with Crippen molar-refractivity contribution in [1.82, 2.24) is 0 Å². The summed E-state index contributed by atoms with van der Waals surface area (Å²) in [4.78, 5) is 0. The molecule has 2 fully saturated rings. The highest BCUT2D eigenvalue weighted by Gasteiger charge is 2.56. The molecule has 2 rings (SSSR count). The zero-order valence-electron chi connectivity index (χ0n) is 11.4. The van der Waals surface area contributed by atoms with Crippen LogP contribution >= 0.6 is 0 Å². The van der Waals surface area contributed by atoms with E-state index in [2.05, 4.69) is 26.8 Å². The third-order valence-corrected chi connectivity index (χ3v) is 5.08. The molecule has 0 aliphatic heterocycles. The van der Waals surface area contributed by atoms with Gasteiger partial charge in [0.15, 0.2) is 0 Å². The lowest BCUT2D eigenvalue weighted by Gasteiger charge is -2.48. The first-order valence-corrected chi connectivity index (χ1v) is 6.96. The average Bonchev–Trinajstić information content (AvgIpc) is 2.60. The highest BCUT2D eigenvalue weighted by Crippen LogP contribution is 2.56. The normalized spacial score (nSPS) is 45.5. The van der Waals surface area contributed by atoms with Crippen molar-refractivity contribution in [2.45, 2.75) is 71.3 Å². The highest BCUT2D eigenvalue weighted by atomic mass is 16.3. The molecule has 0 bridgehead atoms. The summed E-state index contributed by atoms with van der Waals surface area (Å²) >= 11 is 0. The van der Waals surface area contributed by atoms with Gasteiger partial charge in [-0.15, -0.1) is 0 Å². The number of rotatable bonds is 1. The Labute approximate surface area is 105 Å². The molecule has 2 saturated carbocycles. The van der Waals surface area contributed by atoms with Gasteiger partial charge in [-0.25, -0.2) is 0 Å². The predicted molar refractivity (Wildman–Crippen MR) is 68.3 cm³/mol. The summed E-state index contributed by atoms with van der Waals surface area (Å²) in [7, 11) is 0. The van der Waals surface area contributed by atoms with Gasteiger partial charge < -0.3 is 5.11 Å². The van der Waals surface area contributed by atoms with Crippen molar-refractivity contribution in [3.05, 3.63) is 0 Å². The molecular weight excluding hydrogens is 210 g/mol. The first-order valence-electron chi connectivity index (χ1n) is 6.96. The van der Waals surface area contributed by atoms with Crippen molar-refractivity contribution in [1.29, 1.82) is 5.26 Å². The molecule has 0 aromatic heterocycles. The summed E-state index contributed by atoms with van der Waals surface area (Å²) in [6.45, 7) is 6.65. The lowest BCUT2D eigenvalue weighted by Crippen LogP contribution is -2.51. The number of hydrogen-bond donors (Lipinski definition) is 1. The Kier molecular flexibility index (Phi) is 3.02. The minimum atomic E-state index is -0.742. The van der Waals surface area contributed by atoms with Gasteiger partial charge in [-0.05, 0) is 49.9 Å². The van der Waals surface area contributed by atoms with Gasteiger partial charge in [-0.1, -0.05) is 27.2 Å². The first kappa shape index (κ1) is 12.9. The maximum absolute atomic E-state index is 11.1. The molecule has 96 valence electrons. The fourth-order valence-electron chi connectivity index (χ4n) is 4.16. The lowest BCUT2D eigenvalue weighted by molar-refractivity contribution is -0.111. The van der Waals surface area contributed by atoms with Crippen molar-refractivity contribution in [3.63, 3.8) is 0 Å². The quantitative estimate of drug-likeness (QED) is 0.754. The van der Waals surface area contributed by atoms with Gasteiger partial charge in [-0.3, -0.25) is 0 Å². The van der Waals surface area contributed by atoms with Crippen LogP contribution in [0.15, 0.2) is 0 Å². The Morgan fingerprint density at radius 3 is 2.41 bits per heavy atom. The van der Waals surface area contributed by atoms with Crippen molar-refractivity contribution in [2.24, 2.45) is 16.7 Å². The van der Waals surface area contributed by atoms with E-state index in [0.717, 1.165) is 38.5 Å². The van der Waals surface area contributed by atoms with Crippen LogP contribution in [0.5, 0.6) is 0 Å². The Bertz CT molecular complexity index is 343. The summed E-state index contributed by atoms with van der Waals surface area (Å²) in [5, 5.41) is 20.7. The zero-order chi connectivity index (χ0) is 12.7. The second-order valence-corrected chi connectivity index (χ2v) is 7.27. The largest absolute Gasteiger partial charge is 0.388 e. The molecule has 2 heteroatoms. The minimum Gasteiger partial charge on any atom is -0.388 e. The van der Waals surface area contributed by atoms with E-state index in [1.165, 1.54) is 6.42 Å². The highest BCUT2D eigenvalue weighted by molar-refractivity contribution is 5.16. The fraction of sp³-hybridized carbons (Fsp3) is 0.933. The third kappa shape index (κ3) is 2.10. The molecule has 0 spiro atoms. The Hall–Kier alpha value is -0.550. The van der Waals surface area contributed by atoms with E-state index in [9.17, 15) is 10.4 Å². The minimum absolute atomic E-state index is 0.183. The zero-order valence-corrected chi connectivity index (χ0v) is 11.4. The van der Waals surface area contributed by atoms with Crippen LogP contribution in [0.25, 0.3) is 0 Å². The third-order valence-electron chi connectivity index (χ3n) is 5.08. The number of nitrogens with zero attached hydrogens (tertiary/aromatic N) is 1. The van der Waals surface area contributed by atoms with Gasteiger partial charge in [0, 0.05) is 0 Å². The second-order valence-electron chi connectivity index (χ2n) is 7.27. The summed E-state index contributed by atoms with van der Waals surface area (Å²) < 4.78 is 0. The van der Waals surface area contributed by atoms with E-state index in [1.54, 1.807) is 0 Å². The molecule has 0 aromatic carbocycles. The van der Waals surface area contributed by atoms with Gasteiger partial charge in [0.2, 0.25) is 0 Å². The van der Waals surface area contributed by atoms with E-state index >= 15 is 0 Å². The monoisotopic (exact) mass is 235 g/mol. The summed E-state index contributed by atoms with van der Waals surface area (Å²) in [5.41, 5.74) is -1.03. The Morgan fingerprint density at radius 2 is 1.94 bits per heavy atom. The smallest absolute Gasteiger partial charge is 0.0863 e.